The molecule has 1 aromatic carbocycles. The van der Waals surface area contributed by atoms with Crippen molar-refractivity contribution in [2.24, 2.45) is 0 Å². The molecule has 21 heavy (non-hydrogen) atoms. The van der Waals surface area contributed by atoms with Gasteiger partial charge < -0.3 is 9.47 Å². The Balaban J connectivity index is 1.58. The second-order valence-electron chi connectivity index (χ2n) is 4.16. The van der Waals surface area contributed by atoms with Gasteiger partial charge in [0.15, 0.2) is 11.5 Å². The molecule has 0 atom stereocenters. The molecule has 0 bridgehead atoms. The van der Waals surface area contributed by atoms with E-state index in [9.17, 15) is 0 Å². The monoisotopic (exact) mass is 318 g/mol. The van der Waals surface area contributed by atoms with Crippen molar-refractivity contribution in [3.63, 3.8) is 0 Å². The number of fused-ring (bicyclic) bond motifs is 1. The second-order valence-corrected chi connectivity index (χ2v) is 6.16. The van der Waals surface area contributed by atoms with Crippen molar-refractivity contribution in [1.82, 2.24) is 9.97 Å². The first-order chi connectivity index (χ1) is 10.4. The zero-order valence-corrected chi connectivity index (χ0v) is 13.1. The fraction of sp³-hybridized carbons (Fsp3) is 0.200. The zero-order chi connectivity index (χ0) is 14.5. The van der Waals surface area contributed by atoms with Crippen molar-refractivity contribution in [1.29, 1.82) is 0 Å². The lowest BCUT2D eigenvalue weighted by atomic mass is 10.3. The van der Waals surface area contributed by atoms with E-state index in [2.05, 4.69) is 9.97 Å². The predicted octanol–water partition coefficient (Wildman–Crippen LogP) is 3.87. The SMILES string of the molecule is COc1ccccc1OCCSc1ncnc2ccsc12. The number of rotatable bonds is 6. The Morgan fingerprint density at radius 2 is 2.00 bits per heavy atom. The molecule has 108 valence electrons. The first-order valence-corrected chi connectivity index (χ1v) is 8.32. The Kier molecular flexibility index (Phi) is 4.57. The smallest absolute Gasteiger partial charge is 0.161 e. The quantitative estimate of drug-likeness (QED) is 0.392. The average Bonchev–Trinajstić information content (AvgIpc) is 3.01. The number of thiophene rings is 1. The van der Waals surface area contributed by atoms with E-state index in [0.29, 0.717) is 6.61 Å². The van der Waals surface area contributed by atoms with Gasteiger partial charge in [-0.3, -0.25) is 0 Å². The summed E-state index contributed by atoms with van der Waals surface area (Å²) in [7, 11) is 1.64. The number of aromatic nitrogens is 2. The van der Waals surface area contributed by atoms with Gasteiger partial charge in [-0.15, -0.1) is 23.1 Å². The van der Waals surface area contributed by atoms with Crippen molar-refractivity contribution in [2.45, 2.75) is 5.03 Å². The molecular weight excluding hydrogens is 304 g/mol. The summed E-state index contributed by atoms with van der Waals surface area (Å²) in [5.41, 5.74) is 1.00. The van der Waals surface area contributed by atoms with Crippen LogP contribution >= 0.6 is 23.1 Å². The van der Waals surface area contributed by atoms with Crippen LogP contribution in [0.15, 0.2) is 47.1 Å². The number of ether oxygens (including phenoxy) is 2. The lowest BCUT2D eigenvalue weighted by molar-refractivity contribution is 0.313. The topological polar surface area (TPSA) is 44.2 Å². The minimum Gasteiger partial charge on any atom is -0.493 e. The van der Waals surface area contributed by atoms with E-state index in [4.69, 9.17) is 9.47 Å². The highest BCUT2D eigenvalue weighted by Crippen LogP contribution is 2.29. The minimum absolute atomic E-state index is 0.599. The van der Waals surface area contributed by atoms with Crippen LogP contribution in [0.5, 0.6) is 11.5 Å². The van der Waals surface area contributed by atoms with Gasteiger partial charge in [0.05, 0.1) is 23.9 Å². The van der Waals surface area contributed by atoms with Crippen molar-refractivity contribution < 1.29 is 9.47 Å². The van der Waals surface area contributed by atoms with Gasteiger partial charge in [0.1, 0.15) is 11.4 Å². The molecule has 0 N–H and O–H groups in total. The van der Waals surface area contributed by atoms with Gasteiger partial charge in [0, 0.05) is 5.75 Å². The first-order valence-electron chi connectivity index (χ1n) is 6.45. The highest BCUT2D eigenvalue weighted by molar-refractivity contribution is 7.99. The van der Waals surface area contributed by atoms with Crippen LogP contribution in [0.25, 0.3) is 10.2 Å². The lowest BCUT2D eigenvalue weighted by Gasteiger charge is -2.09. The van der Waals surface area contributed by atoms with Crippen LogP contribution in [0, 0.1) is 0 Å². The summed E-state index contributed by atoms with van der Waals surface area (Å²) in [6, 6.07) is 9.67. The number of hydrogen-bond acceptors (Lipinski definition) is 6. The molecule has 0 fully saturated rings. The van der Waals surface area contributed by atoms with E-state index < -0.39 is 0 Å². The summed E-state index contributed by atoms with van der Waals surface area (Å²) < 4.78 is 12.2. The van der Waals surface area contributed by atoms with Gasteiger partial charge in [-0.25, -0.2) is 9.97 Å². The number of benzene rings is 1. The zero-order valence-electron chi connectivity index (χ0n) is 11.5. The normalized spacial score (nSPS) is 10.7. The van der Waals surface area contributed by atoms with Crippen LogP contribution in [-0.4, -0.2) is 29.4 Å². The summed E-state index contributed by atoms with van der Waals surface area (Å²) in [6.07, 6.45) is 1.61. The van der Waals surface area contributed by atoms with Gasteiger partial charge in [0.2, 0.25) is 0 Å². The van der Waals surface area contributed by atoms with Crippen molar-refractivity contribution >= 4 is 33.3 Å². The first kappa shape index (κ1) is 14.2. The van der Waals surface area contributed by atoms with Gasteiger partial charge in [-0.2, -0.15) is 0 Å². The van der Waals surface area contributed by atoms with Gasteiger partial charge >= 0.3 is 0 Å². The van der Waals surface area contributed by atoms with E-state index in [1.54, 1.807) is 36.5 Å². The van der Waals surface area contributed by atoms with Crippen LogP contribution in [-0.2, 0) is 0 Å². The average molecular weight is 318 g/mol. The van der Waals surface area contributed by atoms with Crippen LogP contribution in [0.1, 0.15) is 0 Å². The molecule has 2 heterocycles. The third-order valence-corrected chi connectivity index (χ3v) is 4.85. The Morgan fingerprint density at radius 3 is 2.86 bits per heavy atom. The predicted molar refractivity (Wildman–Crippen MR) is 86.6 cm³/mol. The van der Waals surface area contributed by atoms with Crippen LogP contribution in [0.3, 0.4) is 0 Å². The highest BCUT2D eigenvalue weighted by Gasteiger charge is 2.06. The fourth-order valence-electron chi connectivity index (χ4n) is 1.90. The number of thioether (sulfide) groups is 1. The number of methoxy groups -OCH3 is 1. The molecule has 4 nitrogen and oxygen atoms in total. The largest absolute Gasteiger partial charge is 0.493 e. The second kappa shape index (κ2) is 6.78. The molecular formula is C15H14N2O2S2. The fourth-order valence-corrected chi connectivity index (χ4v) is 3.66. The molecule has 0 spiro atoms. The Hall–Kier alpha value is -1.79. The molecule has 0 saturated heterocycles. The molecule has 3 aromatic rings. The Labute approximate surface area is 131 Å². The van der Waals surface area contributed by atoms with Crippen molar-refractivity contribution in [3.8, 4) is 11.5 Å². The molecule has 0 aliphatic rings. The minimum atomic E-state index is 0.599. The molecule has 3 rings (SSSR count). The summed E-state index contributed by atoms with van der Waals surface area (Å²) >= 11 is 3.35. The summed E-state index contributed by atoms with van der Waals surface area (Å²) in [5.74, 6) is 2.34. The third-order valence-electron chi connectivity index (χ3n) is 2.86. The molecule has 0 amide bonds. The molecule has 2 aromatic heterocycles. The molecule has 6 heteroatoms. The van der Waals surface area contributed by atoms with E-state index >= 15 is 0 Å². The molecule has 0 unspecified atom stereocenters. The number of nitrogens with zero attached hydrogens (tertiary/aromatic N) is 2. The van der Waals surface area contributed by atoms with Gasteiger partial charge in [0.25, 0.3) is 0 Å². The van der Waals surface area contributed by atoms with Crippen molar-refractivity contribution in [3.05, 3.63) is 42.0 Å². The maximum Gasteiger partial charge on any atom is 0.161 e. The standard InChI is InChI=1S/C15H14N2O2S2/c1-18-12-4-2-3-5-13(12)19-7-9-21-15-14-11(6-8-20-14)16-10-17-15/h2-6,8,10H,7,9H2,1H3. The van der Waals surface area contributed by atoms with Gasteiger partial charge in [-0.1, -0.05) is 12.1 Å². The number of para-hydroxylation sites is 2. The van der Waals surface area contributed by atoms with Crippen LogP contribution in [0.2, 0.25) is 0 Å². The van der Waals surface area contributed by atoms with E-state index in [1.807, 2.05) is 35.7 Å². The summed E-state index contributed by atoms with van der Waals surface area (Å²) in [5, 5.41) is 3.05. The summed E-state index contributed by atoms with van der Waals surface area (Å²) in [4.78, 5) is 8.58. The van der Waals surface area contributed by atoms with Crippen LogP contribution < -0.4 is 9.47 Å². The Morgan fingerprint density at radius 1 is 1.14 bits per heavy atom. The molecule has 0 aliphatic carbocycles. The summed E-state index contributed by atoms with van der Waals surface area (Å²) in [6.45, 7) is 0.599. The van der Waals surface area contributed by atoms with E-state index in [-0.39, 0.29) is 0 Å². The van der Waals surface area contributed by atoms with E-state index in [1.165, 1.54) is 0 Å². The maximum atomic E-state index is 5.76. The van der Waals surface area contributed by atoms with Crippen molar-refractivity contribution in [2.75, 3.05) is 19.5 Å². The maximum absolute atomic E-state index is 5.76. The lowest BCUT2D eigenvalue weighted by Crippen LogP contribution is -2.01. The number of hydrogen-bond donors (Lipinski definition) is 0. The molecule has 0 radical (unpaired) electrons. The molecule has 0 aliphatic heterocycles. The van der Waals surface area contributed by atoms with Gasteiger partial charge in [-0.05, 0) is 23.6 Å². The third kappa shape index (κ3) is 3.28. The van der Waals surface area contributed by atoms with E-state index in [0.717, 1.165) is 32.5 Å². The Bertz CT molecular complexity index is 730. The highest BCUT2D eigenvalue weighted by atomic mass is 32.2. The van der Waals surface area contributed by atoms with Crippen LogP contribution in [0.4, 0.5) is 0 Å². The molecule has 0 saturated carbocycles.